The number of tetrazole rings is 1. The molecule has 0 bridgehead atoms. The van der Waals surface area contributed by atoms with Crippen molar-refractivity contribution in [2.45, 2.75) is 19.9 Å². The number of hydrogen-bond donors (Lipinski definition) is 1. The lowest BCUT2D eigenvalue weighted by atomic mass is 10.1. The molecule has 1 atom stereocenters. The van der Waals surface area contributed by atoms with Crippen LogP contribution in [0.1, 0.15) is 36.0 Å². The number of carbonyl (C=O) groups excluding carboxylic acids is 1. The summed E-state index contributed by atoms with van der Waals surface area (Å²) in [5, 5.41) is 14.0. The van der Waals surface area contributed by atoms with E-state index in [2.05, 4.69) is 39.6 Å². The first-order valence-corrected chi connectivity index (χ1v) is 8.62. The Morgan fingerprint density at radius 2 is 2.00 bits per heavy atom. The molecule has 0 spiro atoms. The third kappa shape index (κ3) is 3.97. The van der Waals surface area contributed by atoms with E-state index < -0.39 is 0 Å². The molecular formula is C18H22N6O2. The van der Waals surface area contributed by atoms with E-state index in [4.69, 9.17) is 4.42 Å². The zero-order chi connectivity index (χ0) is 18.4. The van der Waals surface area contributed by atoms with Gasteiger partial charge in [0.2, 0.25) is 0 Å². The third-order valence-corrected chi connectivity index (χ3v) is 4.32. The van der Waals surface area contributed by atoms with Gasteiger partial charge < -0.3 is 9.73 Å². The van der Waals surface area contributed by atoms with E-state index in [1.165, 1.54) is 11.0 Å². The molecule has 1 N–H and O–H groups in total. The van der Waals surface area contributed by atoms with Crippen LogP contribution < -0.4 is 5.32 Å². The molecule has 3 rings (SSSR count). The number of benzene rings is 1. The molecule has 1 unspecified atom stereocenters. The highest BCUT2D eigenvalue weighted by molar-refractivity contribution is 5.94. The molecule has 2 aromatic heterocycles. The van der Waals surface area contributed by atoms with Crippen LogP contribution in [0.2, 0.25) is 0 Å². The molecule has 0 saturated carbocycles. The molecular weight excluding hydrogens is 332 g/mol. The number of rotatable bonds is 8. The monoisotopic (exact) mass is 354 g/mol. The van der Waals surface area contributed by atoms with Crippen molar-refractivity contribution in [1.82, 2.24) is 30.4 Å². The van der Waals surface area contributed by atoms with Gasteiger partial charge in [-0.15, -0.1) is 5.10 Å². The summed E-state index contributed by atoms with van der Waals surface area (Å²) in [6, 6.07) is 10.9. The number of furan rings is 1. The molecule has 1 amide bonds. The van der Waals surface area contributed by atoms with Crippen molar-refractivity contribution in [2.24, 2.45) is 0 Å². The van der Waals surface area contributed by atoms with Crippen LogP contribution >= 0.6 is 0 Å². The highest BCUT2D eigenvalue weighted by atomic mass is 16.3. The second-order valence-electron chi connectivity index (χ2n) is 5.76. The molecule has 0 fully saturated rings. The highest BCUT2D eigenvalue weighted by Crippen LogP contribution is 2.20. The van der Waals surface area contributed by atoms with E-state index in [1.54, 1.807) is 30.5 Å². The second-order valence-corrected chi connectivity index (χ2v) is 5.76. The van der Waals surface area contributed by atoms with Gasteiger partial charge in [0, 0.05) is 12.1 Å². The molecule has 1 aromatic carbocycles. The Morgan fingerprint density at radius 1 is 1.23 bits per heavy atom. The zero-order valence-corrected chi connectivity index (χ0v) is 14.9. The fourth-order valence-electron chi connectivity index (χ4n) is 2.89. The Kier molecular flexibility index (Phi) is 5.75. The average Bonchev–Trinajstić information content (AvgIpc) is 3.39. The lowest BCUT2D eigenvalue weighted by Crippen LogP contribution is -2.37. The lowest BCUT2D eigenvalue weighted by molar-refractivity contribution is 0.0929. The van der Waals surface area contributed by atoms with Crippen molar-refractivity contribution >= 4 is 5.91 Å². The standard InChI is InChI=1S/C18H22N6O2/c1-3-23(4-2)16(17-6-5-11-26-17)12-19-18(25)14-7-9-15(10-8-14)24-13-20-21-22-24/h5-11,13,16H,3-4,12H2,1-2H3,(H,19,25). The maximum absolute atomic E-state index is 12.5. The molecule has 0 saturated heterocycles. The van der Waals surface area contributed by atoms with Crippen LogP contribution in [0.5, 0.6) is 0 Å². The minimum absolute atomic E-state index is 0.00412. The Morgan fingerprint density at radius 3 is 2.58 bits per heavy atom. The number of aromatic nitrogens is 4. The molecule has 0 radical (unpaired) electrons. The molecule has 0 aliphatic heterocycles. The summed E-state index contributed by atoms with van der Waals surface area (Å²) in [4.78, 5) is 14.8. The highest BCUT2D eigenvalue weighted by Gasteiger charge is 2.21. The zero-order valence-electron chi connectivity index (χ0n) is 14.9. The third-order valence-electron chi connectivity index (χ3n) is 4.32. The van der Waals surface area contributed by atoms with Crippen LogP contribution in [0.3, 0.4) is 0 Å². The van der Waals surface area contributed by atoms with Gasteiger partial charge in [0.15, 0.2) is 0 Å². The minimum Gasteiger partial charge on any atom is -0.468 e. The summed E-state index contributed by atoms with van der Waals surface area (Å²) < 4.78 is 7.10. The summed E-state index contributed by atoms with van der Waals surface area (Å²) in [5.41, 5.74) is 1.38. The first kappa shape index (κ1) is 17.8. The van der Waals surface area contributed by atoms with Crippen molar-refractivity contribution in [3.63, 3.8) is 0 Å². The average molecular weight is 354 g/mol. The van der Waals surface area contributed by atoms with Crippen LogP contribution in [-0.4, -0.2) is 50.6 Å². The first-order chi connectivity index (χ1) is 12.7. The number of hydrogen-bond acceptors (Lipinski definition) is 6. The van der Waals surface area contributed by atoms with E-state index in [0.29, 0.717) is 12.1 Å². The molecule has 0 aliphatic carbocycles. The van der Waals surface area contributed by atoms with E-state index in [9.17, 15) is 4.79 Å². The van der Waals surface area contributed by atoms with Gasteiger partial charge in [0.1, 0.15) is 12.1 Å². The van der Waals surface area contributed by atoms with Crippen molar-refractivity contribution in [3.05, 3.63) is 60.3 Å². The minimum atomic E-state index is -0.128. The van der Waals surface area contributed by atoms with Crippen LogP contribution in [0.15, 0.2) is 53.4 Å². The van der Waals surface area contributed by atoms with Gasteiger partial charge in [-0.1, -0.05) is 13.8 Å². The van der Waals surface area contributed by atoms with Gasteiger partial charge in [0.25, 0.3) is 5.91 Å². The fraction of sp³-hybridized carbons (Fsp3) is 0.333. The summed E-state index contributed by atoms with van der Waals surface area (Å²) in [7, 11) is 0. The number of amides is 1. The Balaban J connectivity index is 1.66. The summed E-state index contributed by atoms with van der Waals surface area (Å²) in [5.74, 6) is 0.722. The predicted octanol–water partition coefficient (Wildman–Crippen LogP) is 2.07. The quantitative estimate of drug-likeness (QED) is 0.666. The van der Waals surface area contributed by atoms with Crippen molar-refractivity contribution in [3.8, 4) is 5.69 Å². The second kappa shape index (κ2) is 8.39. The van der Waals surface area contributed by atoms with E-state index >= 15 is 0 Å². The smallest absolute Gasteiger partial charge is 0.251 e. The van der Waals surface area contributed by atoms with Gasteiger partial charge in [-0.25, -0.2) is 4.68 Å². The van der Waals surface area contributed by atoms with Gasteiger partial charge >= 0.3 is 0 Å². The predicted molar refractivity (Wildman–Crippen MR) is 95.9 cm³/mol. The first-order valence-electron chi connectivity index (χ1n) is 8.62. The summed E-state index contributed by atoms with van der Waals surface area (Å²) >= 11 is 0. The van der Waals surface area contributed by atoms with Crippen molar-refractivity contribution < 1.29 is 9.21 Å². The number of nitrogens with one attached hydrogen (secondary N) is 1. The Hall–Kier alpha value is -3.00. The molecule has 0 aliphatic rings. The van der Waals surface area contributed by atoms with Crippen molar-refractivity contribution in [1.29, 1.82) is 0 Å². The number of likely N-dealkylation sites (N-methyl/N-ethyl adjacent to an activating group) is 1. The molecule has 8 heteroatoms. The fourth-order valence-corrected chi connectivity index (χ4v) is 2.89. The summed E-state index contributed by atoms with van der Waals surface area (Å²) in [6.07, 6.45) is 3.17. The summed E-state index contributed by atoms with van der Waals surface area (Å²) in [6.45, 7) is 6.41. The molecule has 136 valence electrons. The number of carbonyl (C=O) groups is 1. The molecule has 2 heterocycles. The van der Waals surface area contributed by atoms with E-state index in [0.717, 1.165) is 24.5 Å². The van der Waals surface area contributed by atoms with Crippen LogP contribution in [0.25, 0.3) is 5.69 Å². The van der Waals surface area contributed by atoms with E-state index in [1.807, 2.05) is 12.1 Å². The van der Waals surface area contributed by atoms with E-state index in [-0.39, 0.29) is 11.9 Å². The van der Waals surface area contributed by atoms with Crippen LogP contribution in [0, 0.1) is 0 Å². The van der Waals surface area contributed by atoms with Crippen LogP contribution in [-0.2, 0) is 0 Å². The number of nitrogens with zero attached hydrogens (tertiary/aromatic N) is 5. The topological polar surface area (TPSA) is 89.1 Å². The van der Waals surface area contributed by atoms with Crippen LogP contribution in [0.4, 0.5) is 0 Å². The molecule has 8 nitrogen and oxygen atoms in total. The van der Waals surface area contributed by atoms with Gasteiger partial charge in [-0.3, -0.25) is 9.69 Å². The van der Waals surface area contributed by atoms with Gasteiger partial charge in [-0.2, -0.15) is 0 Å². The Labute approximate surface area is 151 Å². The largest absolute Gasteiger partial charge is 0.468 e. The SMILES string of the molecule is CCN(CC)C(CNC(=O)c1ccc(-n2cnnn2)cc1)c1ccco1. The maximum Gasteiger partial charge on any atom is 0.251 e. The van der Waals surface area contributed by atoms with Gasteiger partial charge in [-0.05, 0) is 59.9 Å². The van der Waals surface area contributed by atoms with Crippen molar-refractivity contribution in [2.75, 3.05) is 19.6 Å². The lowest BCUT2D eigenvalue weighted by Gasteiger charge is -2.28. The molecule has 26 heavy (non-hydrogen) atoms. The maximum atomic E-state index is 12.5. The normalized spacial score (nSPS) is 12.3. The Bertz CT molecular complexity index is 795. The molecule has 3 aromatic rings. The van der Waals surface area contributed by atoms with Gasteiger partial charge in [0.05, 0.1) is 18.0 Å².